The van der Waals surface area contributed by atoms with E-state index in [1.54, 1.807) is 26.6 Å². The van der Waals surface area contributed by atoms with Crippen LogP contribution in [0.2, 0.25) is 26.6 Å². The molecule has 0 N–H and O–H groups in total. The zero-order valence-corrected chi connectivity index (χ0v) is 36.8. The second-order valence-corrected chi connectivity index (χ2v) is 30.2. The van der Waals surface area contributed by atoms with E-state index in [1.807, 2.05) is 0 Å². The first kappa shape index (κ1) is 48.3. The van der Waals surface area contributed by atoms with Gasteiger partial charge < -0.3 is 14.3 Å². The van der Waals surface area contributed by atoms with Crippen molar-refractivity contribution in [2.45, 2.75) is 216 Å². The van der Waals surface area contributed by atoms with Crippen LogP contribution in [0.5, 0.6) is 0 Å². The van der Waals surface area contributed by atoms with E-state index in [0.29, 0.717) is 6.61 Å². The fourth-order valence-corrected chi connectivity index (χ4v) is 24.2. The van der Waals surface area contributed by atoms with Crippen LogP contribution in [0, 0.1) is 0 Å². The number of hydrogen-bond donors (Lipinski definition) is 0. The summed E-state index contributed by atoms with van der Waals surface area (Å²) in [6.45, 7) is 16.6. The Balaban J connectivity index is -0.000000548. The van der Waals surface area contributed by atoms with E-state index in [-0.39, 0.29) is 0 Å². The van der Waals surface area contributed by atoms with Gasteiger partial charge in [-0.05, 0) is 6.42 Å². The van der Waals surface area contributed by atoms with E-state index < -0.39 is 48.1 Å². The zero-order chi connectivity index (χ0) is 31.9. The molecule has 42 heavy (non-hydrogen) atoms. The molecule has 0 spiro atoms. The van der Waals surface area contributed by atoms with Crippen molar-refractivity contribution in [3.63, 3.8) is 0 Å². The molecular weight excluding hydrogens is 749 g/mol. The molecule has 0 radical (unpaired) electrons. The summed E-state index contributed by atoms with van der Waals surface area (Å²) in [5.41, 5.74) is 0. The maximum absolute atomic E-state index is 10.1. The molecule has 0 aliphatic heterocycles. The van der Waals surface area contributed by atoms with Gasteiger partial charge in [0.05, 0.1) is 0 Å². The quantitative estimate of drug-likeness (QED) is 0.0412. The van der Waals surface area contributed by atoms with Crippen LogP contribution in [0.15, 0.2) is 0 Å². The Hall–Kier alpha value is 1.91. The van der Waals surface area contributed by atoms with Crippen LogP contribution in [-0.2, 0) is 4.52 Å². The molecule has 0 aromatic carbocycles. The molecule has 6 heteroatoms. The third-order valence-electron chi connectivity index (χ3n) is 8.00. The first-order valence-electron chi connectivity index (χ1n) is 18.9. The van der Waals surface area contributed by atoms with Crippen LogP contribution >= 0.6 is 8.60 Å². The van der Waals surface area contributed by atoms with Gasteiger partial charge in [-0.1, -0.05) is 64.7 Å². The van der Waals surface area contributed by atoms with Gasteiger partial charge in [-0.2, -0.15) is 8.60 Å². The fourth-order valence-electron chi connectivity index (χ4n) is 5.04. The number of rotatable bonds is 30. The van der Waals surface area contributed by atoms with E-state index in [4.69, 9.17) is 0 Å². The Kier molecular flexibility index (Phi) is 51.8. The second kappa shape index (κ2) is 45.0. The molecule has 0 fully saturated rings. The van der Waals surface area contributed by atoms with Crippen molar-refractivity contribution in [3.8, 4) is 0 Å². The summed E-state index contributed by atoms with van der Waals surface area (Å²) in [6, 6.07) is 0. The monoisotopic (exact) mass is 830 g/mol. The summed E-state index contributed by atoms with van der Waals surface area (Å²) >= 11 is -1.68. The van der Waals surface area contributed by atoms with Crippen LogP contribution in [-0.4, -0.2) is 46.1 Å². The Morgan fingerprint density at radius 1 is 0.357 bits per heavy atom. The SMILES string of the molecule is CCCCCCCCCCCCOP([O-])[O-].CCC[CH2][Sn+]([CH2]CCC)[CH2]CCC.CCC[CH2][Sn+]([CH2]CCC)[CH2]CCC. The van der Waals surface area contributed by atoms with Crippen molar-refractivity contribution in [3.05, 3.63) is 0 Å². The maximum atomic E-state index is 10.1. The minimum atomic E-state index is -2.64. The normalized spacial score (nSPS) is 10.7. The Morgan fingerprint density at radius 3 is 0.833 bits per heavy atom. The number of unbranched alkanes of at least 4 members (excludes halogenated alkanes) is 15. The molecule has 3 nitrogen and oxygen atoms in total. The van der Waals surface area contributed by atoms with Crippen LogP contribution in [0.3, 0.4) is 0 Å². The average molecular weight is 828 g/mol. The average Bonchev–Trinajstić information content (AvgIpc) is 2.99. The van der Waals surface area contributed by atoms with Crippen molar-refractivity contribution in [2.75, 3.05) is 6.61 Å². The van der Waals surface area contributed by atoms with Crippen molar-refractivity contribution in [2.24, 2.45) is 0 Å². The van der Waals surface area contributed by atoms with Crippen molar-refractivity contribution in [1.29, 1.82) is 0 Å². The van der Waals surface area contributed by atoms with Crippen LogP contribution < -0.4 is 9.79 Å². The Morgan fingerprint density at radius 2 is 0.595 bits per heavy atom. The summed E-state index contributed by atoms with van der Waals surface area (Å²) in [5, 5.41) is 0. The molecule has 0 aliphatic rings. The molecule has 0 atom stereocenters. The van der Waals surface area contributed by atoms with Crippen molar-refractivity contribution >= 4 is 48.1 Å². The molecule has 0 heterocycles. The zero-order valence-electron chi connectivity index (χ0n) is 30.2. The standard InChI is InChI=1S/C12H25O3P.6C4H9.2Sn/c1-2-3-4-5-6-7-8-9-10-11-12-15-16(13)14;6*1-3-4-2;;/h2-12H2,1H3;6*1,3-4H2,2H3;;/q-2;;;;;;;2*+1. The van der Waals surface area contributed by atoms with E-state index in [0.717, 1.165) is 12.8 Å². The van der Waals surface area contributed by atoms with Gasteiger partial charge in [-0.3, -0.25) is 0 Å². The van der Waals surface area contributed by atoms with E-state index >= 15 is 0 Å². The topological polar surface area (TPSA) is 55.3 Å². The molecule has 0 aromatic heterocycles. The molecule has 0 amide bonds. The van der Waals surface area contributed by atoms with Gasteiger partial charge in [-0.25, -0.2) is 0 Å². The minimum absolute atomic E-state index is 0.356. The summed E-state index contributed by atoms with van der Waals surface area (Å²) in [7, 11) is -2.64. The molecule has 0 unspecified atom stereocenters. The van der Waals surface area contributed by atoms with Crippen LogP contribution in [0.4, 0.5) is 0 Å². The Labute approximate surface area is 283 Å². The van der Waals surface area contributed by atoms with Gasteiger partial charge in [-0.15, -0.1) is 0 Å². The second-order valence-electron chi connectivity index (χ2n) is 12.4. The Bertz CT molecular complexity index is 382. The van der Waals surface area contributed by atoms with E-state index in [2.05, 4.69) is 53.0 Å². The summed E-state index contributed by atoms with van der Waals surface area (Å²) in [4.78, 5) is 20.1. The summed E-state index contributed by atoms with van der Waals surface area (Å²) < 4.78 is 14.5. The van der Waals surface area contributed by atoms with Crippen LogP contribution in [0.1, 0.15) is 190 Å². The summed E-state index contributed by atoms with van der Waals surface area (Å²) in [6.07, 6.45) is 30.2. The van der Waals surface area contributed by atoms with E-state index in [1.165, 1.54) is 128 Å². The predicted octanol–water partition coefficient (Wildman–Crippen LogP) is 12.6. The molecule has 254 valence electrons. The molecular formula is C36H79O3PSn2. The van der Waals surface area contributed by atoms with Gasteiger partial charge >= 0.3 is 185 Å². The molecule has 0 saturated heterocycles. The fraction of sp³-hybridized carbons (Fsp3) is 1.00. The van der Waals surface area contributed by atoms with Gasteiger partial charge in [0.15, 0.2) is 0 Å². The first-order chi connectivity index (χ1) is 20.5. The third-order valence-corrected chi connectivity index (χ3v) is 26.6. The molecule has 0 rings (SSSR count). The third kappa shape index (κ3) is 46.3. The van der Waals surface area contributed by atoms with Gasteiger partial charge in [0.2, 0.25) is 0 Å². The van der Waals surface area contributed by atoms with E-state index in [9.17, 15) is 9.79 Å². The van der Waals surface area contributed by atoms with Gasteiger partial charge in [0.1, 0.15) is 0 Å². The molecule has 0 saturated carbocycles. The first-order valence-corrected chi connectivity index (χ1v) is 32.1. The van der Waals surface area contributed by atoms with Crippen LogP contribution in [0.25, 0.3) is 0 Å². The van der Waals surface area contributed by atoms with Gasteiger partial charge in [0.25, 0.3) is 0 Å². The van der Waals surface area contributed by atoms with Crippen molar-refractivity contribution < 1.29 is 14.3 Å². The van der Waals surface area contributed by atoms with Crippen molar-refractivity contribution in [1.82, 2.24) is 0 Å². The number of hydrogen-bond acceptors (Lipinski definition) is 3. The molecule has 0 bridgehead atoms. The van der Waals surface area contributed by atoms with Gasteiger partial charge in [0, 0.05) is 6.61 Å². The molecule has 0 aliphatic carbocycles. The predicted molar refractivity (Wildman–Crippen MR) is 195 cm³/mol. The molecule has 0 aromatic rings. The summed E-state index contributed by atoms with van der Waals surface area (Å²) in [5.74, 6) is 0.